The molecule has 0 aliphatic carbocycles. The van der Waals surface area contributed by atoms with Crippen LogP contribution in [-0.4, -0.2) is 62.8 Å². The maximum absolute atomic E-state index is 13.3. The lowest BCUT2D eigenvalue weighted by Crippen LogP contribution is -2.51. The number of rotatable bonds is 8. The zero-order valence-corrected chi connectivity index (χ0v) is 22.8. The van der Waals surface area contributed by atoms with Crippen molar-refractivity contribution < 1.29 is 4.79 Å². The number of amides is 2. The minimum atomic E-state index is 0. The van der Waals surface area contributed by atoms with E-state index in [1.165, 1.54) is 0 Å². The van der Waals surface area contributed by atoms with Gasteiger partial charge in [0.1, 0.15) is 6.33 Å². The Morgan fingerprint density at radius 1 is 1.05 bits per heavy atom. The van der Waals surface area contributed by atoms with Crippen LogP contribution >= 0.6 is 35.6 Å². The van der Waals surface area contributed by atoms with Crippen molar-refractivity contribution in [1.29, 1.82) is 0 Å². The molecule has 0 bridgehead atoms. The van der Waals surface area contributed by atoms with E-state index in [1.807, 2.05) is 64.5 Å². The van der Waals surface area contributed by atoms with Gasteiger partial charge in [0.15, 0.2) is 5.82 Å². The van der Waals surface area contributed by atoms with E-state index in [0.717, 1.165) is 49.3 Å². The molecule has 0 spiro atoms. The molecule has 5 rings (SSSR count). The Balaban J connectivity index is 0.00000320. The molecule has 0 saturated carbocycles. The van der Waals surface area contributed by atoms with E-state index in [9.17, 15) is 4.79 Å². The van der Waals surface area contributed by atoms with Crippen LogP contribution in [-0.2, 0) is 6.54 Å². The Morgan fingerprint density at radius 2 is 1.84 bits per heavy atom. The minimum Gasteiger partial charge on any atom is -0.321 e. The molecule has 1 N–H and O–H groups in total. The second kappa shape index (κ2) is 12.8. The van der Waals surface area contributed by atoms with Crippen molar-refractivity contribution in [1.82, 2.24) is 29.9 Å². The molecular formula is C27H31Cl3N6O. The van der Waals surface area contributed by atoms with Crippen molar-refractivity contribution in [2.24, 2.45) is 0 Å². The average Bonchev–Trinajstić information content (AvgIpc) is 3.38. The normalized spacial score (nSPS) is 17.1. The molecule has 3 aromatic rings. The molecule has 1 saturated heterocycles. The van der Waals surface area contributed by atoms with Gasteiger partial charge < -0.3 is 14.8 Å². The highest BCUT2D eigenvalue weighted by molar-refractivity contribution is 6.42. The molecule has 7 nitrogen and oxygen atoms in total. The van der Waals surface area contributed by atoms with Gasteiger partial charge in [0.05, 0.1) is 10.0 Å². The van der Waals surface area contributed by atoms with Gasteiger partial charge in [0, 0.05) is 43.4 Å². The largest absolute Gasteiger partial charge is 0.324 e. The Labute approximate surface area is 233 Å². The highest BCUT2D eigenvalue weighted by Gasteiger charge is 2.30. The van der Waals surface area contributed by atoms with Gasteiger partial charge in [0.25, 0.3) is 0 Å². The number of hydrogen-bond acceptors (Lipinski definition) is 4. The van der Waals surface area contributed by atoms with Crippen LogP contribution in [0.5, 0.6) is 0 Å². The van der Waals surface area contributed by atoms with Gasteiger partial charge in [0.2, 0.25) is 0 Å². The summed E-state index contributed by atoms with van der Waals surface area (Å²) in [5.41, 5.74) is 2.09. The van der Waals surface area contributed by atoms with E-state index >= 15 is 0 Å². The second-order valence-corrected chi connectivity index (χ2v) is 10.1. The van der Waals surface area contributed by atoms with Crippen LogP contribution in [0.2, 0.25) is 10.0 Å². The van der Waals surface area contributed by atoms with Crippen molar-refractivity contribution in [2.75, 3.05) is 26.2 Å². The Kier molecular flexibility index (Phi) is 9.49. The molecule has 1 fully saturated rings. The van der Waals surface area contributed by atoms with Gasteiger partial charge in [-0.05, 0) is 56.1 Å². The van der Waals surface area contributed by atoms with Gasteiger partial charge in [-0.1, -0.05) is 59.6 Å². The predicted octanol–water partition coefficient (Wildman–Crippen LogP) is 5.85. The van der Waals surface area contributed by atoms with E-state index in [-0.39, 0.29) is 30.4 Å². The van der Waals surface area contributed by atoms with Crippen LogP contribution < -0.4 is 5.32 Å². The fourth-order valence-corrected chi connectivity index (χ4v) is 5.33. The number of nitrogens with zero attached hydrogens (tertiary/aromatic N) is 5. The third-order valence-corrected chi connectivity index (χ3v) is 7.75. The first-order valence-corrected chi connectivity index (χ1v) is 13.2. The van der Waals surface area contributed by atoms with E-state index in [4.69, 9.17) is 23.2 Å². The number of nitrogens with one attached hydrogen (secondary N) is 1. The van der Waals surface area contributed by atoms with E-state index in [1.54, 1.807) is 6.33 Å². The summed E-state index contributed by atoms with van der Waals surface area (Å²) in [5.74, 6) is 0.902. The number of halogens is 3. The maximum atomic E-state index is 13.3. The van der Waals surface area contributed by atoms with Crippen molar-refractivity contribution >= 4 is 41.6 Å². The molecule has 2 aliphatic rings. The first-order valence-electron chi connectivity index (χ1n) is 12.4. The number of hydrogen-bond donors (Lipinski definition) is 1. The summed E-state index contributed by atoms with van der Waals surface area (Å²) in [6.45, 7) is 3.81. The summed E-state index contributed by atoms with van der Waals surface area (Å²) >= 11 is 12.6. The zero-order chi connectivity index (χ0) is 24.9. The first kappa shape index (κ1) is 27.5. The average molecular weight is 562 g/mol. The number of urea groups is 1. The monoisotopic (exact) mass is 560 g/mol. The molecular weight excluding hydrogens is 531 g/mol. The van der Waals surface area contributed by atoms with Crippen molar-refractivity contribution in [3.63, 3.8) is 0 Å². The standard InChI is InChI=1S/C27H30Cl2N6O.ClH/c28-24-8-7-21(17-25(24)29)22(18-34-19-31-32-26(34)20-5-2-1-3-6-20)11-16-33-14-4-15-35(27(33)36)23-9-12-30-13-10-23;/h1-8,15,17,19,22-23,30H,9-14,16,18H2;1H. The summed E-state index contributed by atoms with van der Waals surface area (Å²) in [4.78, 5) is 17.2. The Hall–Kier alpha value is -2.58. The highest BCUT2D eigenvalue weighted by atomic mass is 35.5. The molecule has 1 aromatic heterocycles. The molecule has 1 atom stereocenters. The number of aromatic nitrogens is 3. The quantitative estimate of drug-likeness (QED) is 0.375. The molecule has 2 amide bonds. The van der Waals surface area contributed by atoms with Crippen molar-refractivity contribution in [3.05, 3.63) is 82.7 Å². The van der Waals surface area contributed by atoms with Gasteiger partial charge >= 0.3 is 6.03 Å². The Morgan fingerprint density at radius 3 is 2.59 bits per heavy atom. The van der Waals surface area contributed by atoms with Crippen LogP contribution in [0.4, 0.5) is 4.79 Å². The molecule has 196 valence electrons. The van der Waals surface area contributed by atoms with Gasteiger partial charge in [-0.25, -0.2) is 4.79 Å². The van der Waals surface area contributed by atoms with Gasteiger partial charge in [-0.2, -0.15) is 0 Å². The minimum absolute atomic E-state index is 0. The summed E-state index contributed by atoms with van der Waals surface area (Å²) in [6.07, 6.45) is 8.54. The third kappa shape index (κ3) is 6.47. The molecule has 1 unspecified atom stereocenters. The fourth-order valence-electron chi connectivity index (χ4n) is 5.02. The summed E-state index contributed by atoms with van der Waals surface area (Å²) in [5, 5.41) is 13.0. The highest BCUT2D eigenvalue weighted by Crippen LogP contribution is 2.31. The number of benzene rings is 2. The topological polar surface area (TPSA) is 66.3 Å². The van der Waals surface area contributed by atoms with Crippen LogP contribution in [0.3, 0.4) is 0 Å². The SMILES string of the molecule is Cl.O=C1N(CCC(Cn2cnnc2-c2ccccc2)c2ccc(Cl)c(Cl)c2)CC=CN1C1CCNCC1. The summed E-state index contributed by atoms with van der Waals surface area (Å²) < 4.78 is 2.07. The van der Waals surface area contributed by atoms with E-state index in [0.29, 0.717) is 29.7 Å². The fraction of sp³-hybridized carbons (Fsp3) is 0.370. The lowest BCUT2D eigenvalue weighted by atomic mass is 9.95. The van der Waals surface area contributed by atoms with Crippen LogP contribution in [0, 0.1) is 0 Å². The lowest BCUT2D eigenvalue weighted by Gasteiger charge is -2.38. The third-order valence-electron chi connectivity index (χ3n) is 7.01. The first-order chi connectivity index (χ1) is 17.6. The Bertz CT molecular complexity index is 1210. The van der Waals surface area contributed by atoms with Crippen LogP contribution in [0.1, 0.15) is 30.7 Å². The van der Waals surface area contributed by atoms with Gasteiger partial charge in [-0.3, -0.25) is 4.90 Å². The molecule has 10 heteroatoms. The number of piperidine rings is 1. The summed E-state index contributed by atoms with van der Waals surface area (Å²) in [7, 11) is 0. The number of carbonyl (C=O) groups excluding carboxylic acids is 1. The smallest absolute Gasteiger partial charge is 0.321 e. The molecule has 2 aromatic carbocycles. The van der Waals surface area contributed by atoms with Gasteiger partial charge in [-0.15, -0.1) is 22.6 Å². The summed E-state index contributed by atoms with van der Waals surface area (Å²) in [6, 6.07) is 16.2. The maximum Gasteiger partial charge on any atom is 0.324 e. The van der Waals surface area contributed by atoms with Crippen LogP contribution in [0.15, 0.2) is 67.1 Å². The molecule has 0 radical (unpaired) electrons. The molecule has 3 heterocycles. The van der Waals surface area contributed by atoms with E-state index in [2.05, 4.69) is 26.2 Å². The number of carbonyl (C=O) groups is 1. The van der Waals surface area contributed by atoms with Crippen molar-refractivity contribution in [3.8, 4) is 11.4 Å². The molecule has 37 heavy (non-hydrogen) atoms. The van der Waals surface area contributed by atoms with Crippen molar-refractivity contribution in [2.45, 2.75) is 37.8 Å². The van der Waals surface area contributed by atoms with E-state index < -0.39 is 0 Å². The second-order valence-electron chi connectivity index (χ2n) is 9.33. The lowest BCUT2D eigenvalue weighted by molar-refractivity contribution is 0.142. The predicted molar refractivity (Wildman–Crippen MR) is 150 cm³/mol. The zero-order valence-electron chi connectivity index (χ0n) is 20.5. The molecule has 2 aliphatic heterocycles. The van der Waals surface area contributed by atoms with Crippen LogP contribution in [0.25, 0.3) is 11.4 Å².